The fraction of sp³-hybridized carbons (Fsp3) is 0.333. The van der Waals surface area contributed by atoms with Crippen molar-refractivity contribution in [3.63, 3.8) is 0 Å². The molecule has 1 fully saturated rings. The number of nitrogens with two attached hydrogens (primary N) is 1. The van der Waals surface area contributed by atoms with E-state index < -0.39 is 0 Å². The van der Waals surface area contributed by atoms with Crippen LogP contribution in [-0.4, -0.2) is 56.2 Å². The topological polar surface area (TPSA) is 109 Å². The first kappa shape index (κ1) is 25.6. The molecule has 1 amide bonds. The Labute approximate surface area is 222 Å². The van der Waals surface area contributed by atoms with Crippen LogP contribution >= 0.6 is 0 Å². The maximum atomic E-state index is 11.1. The molecule has 196 valence electrons. The van der Waals surface area contributed by atoms with Crippen LogP contribution in [0.2, 0.25) is 0 Å². The minimum absolute atomic E-state index is 0.250. The third-order valence-electron chi connectivity index (χ3n) is 7.27. The van der Waals surface area contributed by atoms with Crippen molar-refractivity contribution in [1.29, 1.82) is 0 Å². The predicted octanol–water partition coefficient (Wildman–Crippen LogP) is 4.18. The zero-order valence-electron chi connectivity index (χ0n) is 21.7. The quantitative estimate of drug-likeness (QED) is 0.501. The molecule has 38 heavy (non-hydrogen) atoms. The molecule has 3 aromatic rings. The van der Waals surface area contributed by atoms with Gasteiger partial charge in [-0.05, 0) is 43.7 Å². The monoisotopic (exact) mass is 510 g/mol. The Morgan fingerprint density at radius 2 is 1.95 bits per heavy atom. The van der Waals surface area contributed by atoms with Crippen LogP contribution in [0.3, 0.4) is 0 Å². The minimum atomic E-state index is 0.250. The first-order valence-corrected chi connectivity index (χ1v) is 13.3. The molecule has 8 heteroatoms. The number of carbonyl (C=O) groups is 1. The average Bonchev–Trinajstić information content (AvgIpc) is 3.33. The van der Waals surface area contributed by atoms with E-state index in [1.54, 1.807) is 13.1 Å². The average molecular weight is 511 g/mol. The summed E-state index contributed by atoms with van der Waals surface area (Å²) in [7, 11) is 0. The Morgan fingerprint density at radius 3 is 2.68 bits per heavy atom. The molecule has 4 heterocycles. The smallest absolute Gasteiger partial charge is 0.209 e. The number of carbonyl (C=O) groups excluding carboxylic acids is 1. The summed E-state index contributed by atoms with van der Waals surface area (Å²) < 4.78 is 2.09. The minimum Gasteiger partial charge on any atom is -0.397 e. The standard InChI is InChI=1S/C28H28N6O.C2H6O/c29-28-27-26(32-25(34(27)15-12-30-28)16-19-10-13-33(18-35)14-11-19)22-7-6-21-8-9-23(31-24(21)17-22)20-4-2-1-3-5-20;1-2-3/h1-7,9,12,15,17-19,21H,8,10-11,13-14,16H2,(H2,29,30);3H,2H2,1H3. The summed E-state index contributed by atoms with van der Waals surface area (Å²) >= 11 is 0. The van der Waals surface area contributed by atoms with Crippen molar-refractivity contribution in [1.82, 2.24) is 19.3 Å². The van der Waals surface area contributed by atoms with E-state index in [4.69, 9.17) is 20.8 Å². The molecule has 0 bridgehead atoms. The maximum absolute atomic E-state index is 11.1. The lowest BCUT2D eigenvalue weighted by atomic mass is 9.88. The molecule has 0 saturated carbocycles. The van der Waals surface area contributed by atoms with Crippen LogP contribution in [0.15, 0.2) is 72.0 Å². The van der Waals surface area contributed by atoms with Crippen molar-refractivity contribution < 1.29 is 9.90 Å². The van der Waals surface area contributed by atoms with Gasteiger partial charge in [-0.1, -0.05) is 48.6 Å². The summed E-state index contributed by atoms with van der Waals surface area (Å²) in [5, 5.41) is 7.57. The number of nitrogens with zero attached hydrogens (tertiary/aromatic N) is 5. The number of fused-ring (bicyclic) bond motifs is 2. The Morgan fingerprint density at radius 1 is 1.18 bits per heavy atom. The molecule has 8 nitrogen and oxygen atoms in total. The summed E-state index contributed by atoms with van der Waals surface area (Å²) in [6.45, 7) is 3.54. The molecule has 3 aliphatic rings. The summed E-state index contributed by atoms with van der Waals surface area (Å²) in [6, 6.07) is 10.3. The molecular formula is C30H34N6O2. The largest absolute Gasteiger partial charge is 0.397 e. The summed E-state index contributed by atoms with van der Waals surface area (Å²) in [5.74, 6) is 2.23. The highest BCUT2D eigenvalue weighted by molar-refractivity contribution is 6.10. The summed E-state index contributed by atoms with van der Waals surface area (Å²) in [6.07, 6.45) is 17.1. The van der Waals surface area contributed by atoms with Crippen LogP contribution in [0.1, 0.15) is 43.3 Å². The second-order valence-corrected chi connectivity index (χ2v) is 9.81. The van der Waals surface area contributed by atoms with Gasteiger partial charge < -0.3 is 15.7 Å². The van der Waals surface area contributed by atoms with Gasteiger partial charge in [0.15, 0.2) is 0 Å². The molecule has 0 radical (unpaired) electrons. The van der Waals surface area contributed by atoms with E-state index in [0.29, 0.717) is 11.7 Å². The molecule has 0 spiro atoms. The highest BCUT2D eigenvalue weighted by Gasteiger charge is 2.25. The van der Waals surface area contributed by atoms with Gasteiger partial charge in [-0.2, -0.15) is 0 Å². The van der Waals surface area contributed by atoms with Crippen LogP contribution in [0.25, 0.3) is 16.8 Å². The van der Waals surface area contributed by atoms with Crippen LogP contribution in [0, 0.1) is 11.8 Å². The van der Waals surface area contributed by atoms with E-state index in [-0.39, 0.29) is 12.5 Å². The number of benzene rings is 1. The predicted molar refractivity (Wildman–Crippen MR) is 151 cm³/mol. The number of allylic oxidation sites excluding steroid dienone is 5. The van der Waals surface area contributed by atoms with Crippen molar-refractivity contribution in [2.24, 2.45) is 16.8 Å². The third-order valence-corrected chi connectivity index (χ3v) is 7.27. The Kier molecular flexibility index (Phi) is 7.79. The molecule has 1 aromatic carbocycles. The first-order valence-electron chi connectivity index (χ1n) is 13.3. The second kappa shape index (κ2) is 11.6. The van der Waals surface area contributed by atoms with Gasteiger partial charge in [-0.3, -0.25) is 14.2 Å². The number of nitrogen functional groups attached to an aromatic ring is 1. The normalized spacial score (nSPS) is 19.2. The molecule has 3 N–H and O–H groups in total. The zero-order chi connectivity index (χ0) is 26.5. The number of imidazole rings is 1. The summed E-state index contributed by atoms with van der Waals surface area (Å²) in [5.41, 5.74) is 12.3. The van der Waals surface area contributed by atoms with E-state index >= 15 is 0 Å². The van der Waals surface area contributed by atoms with E-state index in [1.807, 2.05) is 29.3 Å². The number of hydrogen-bond acceptors (Lipinski definition) is 6. The van der Waals surface area contributed by atoms with Crippen LogP contribution in [0.4, 0.5) is 5.82 Å². The van der Waals surface area contributed by atoms with Crippen molar-refractivity contribution in [2.75, 3.05) is 25.4 Å². The van der Waals surface area contributed by atoms with E-state index in [9.17, 15) is 4.79 Å². The van der Waals surface area contributed by atoms with Crippen molar-refractivity contribution in [2.45, 2.75) is 32.6 Å². The maximum Gasteiger partial charge on any atom is 0.209 e. The van der Waals surface area contributed by atoms with E-state index in [2.05, 4.69) is 45.8 Å². The van der Waals surface area contributed by atoms with Gasteiger partial charge in [-0.25, -0.2) is 9.97 Å². The number of aliphatic imine (C=N–C) groups is 1. The molecular weight excluding hydrogens is 476 g/mol. The van der Waals surface area contributed by atoms with Gasteiger partial charge in [0.25, 0.3) is 0 Å². The number of piperidine rings is 1. The Balaban J connectivity index is 0.000000937. The highest BCUT2D eigenvalue weighted by Crippen LogP contribution is 2.34. The Hall–Kier alpha value is -4.04. The number of anilines is 1. The van der Waals surface area contributed by atoms with Crippen molar-refractivity contribution >= 4 is 34.7 Å². The number of aromatic nitrogens is 3. The highest BCUT2D eigenvalue weighted by atomic mass is 16.2. The molecule has 1 unspecified atom stereocenters. The Bertz CT molecular complexity index is 1410. The van der Waals surface area contributed by atoms with Gasteiger partial charge in [0.1, 0.15) is 22.9 Å². The van der Waals surface area contributed by atoms with Gasteiger partial charge >= 0.3 is 0 Å². The van der Waals surface area contributed by atoms with Crippen molar-refractivity contribution in [3.8, 4) is 0 Å². The van der Waals surface area contributed by atoms with Crippen LogP contribution in [0.5, 0.6) is 0 Å². The SMILES string of the molecule is CCO.Nc1nccn2c(CC3CCN(C=O)CC3)nc(C3=CC4=NC(c5ccccc5)=CCC4C=C3)c12. The van der Waals surface area contributed by atoms with Crippen molar-refractivity contribution in [3.05, 3.63) is 84.1 Å². The molecule has 1 atom stereocenters. The molecule has 2 aliphatic heterocycles. The lowest BCUT2D eigenvalue weighted by molar-refractivity contribution is -0.119. The van der Waals surface area contributed by atoms with Gasteiger partial charge in [0, 0.05) is 55.7 Å². The van der Waals surface area contributed by atoms with E-state index in [0.717, 1.165) is 84.8 Å². The number of hydrogen-bond donors (Lipinski definition) is 2. The molecule has 1 saturated heterocycles. The van der Waals surface area contributed by atoms with E-state index in [1.165, 1.54) is 0 Å². The fourth-order valence-corrected chi connectivity index (χ4v) is 5.30. The number of rotatable bonds is 5. The van der Waals surface area contributed by atoms with Gasteiger partial charge in [0.05, 0.1) is 5.70 Å². The van der Waals surface area contributed by atoms with Gasteiger partial charge in [-0.15, -0.1) is 0 Å². The molecule has 2 aromatic heterocycles. The number of likely N-dealkylation sites (tertiary alicyclic amines) is 1. The lowest BCUT2D eigenvalue weighted by Gasteiger charge is -2.28. The zero-order valence-corrected chi connectivity index (χ0v) is 21.7. The lowest BCUT2D eigenvalue weighted by Crippen LogP contribution is -2.33. The summed E-state index contributed by atoms with van der Waals surface area (Å²) in [4.78, 5) is 27.4. The fourth-order valence-electron chi connectivity index (χ4n) is 5.30. The third kappa shape index (κ3) is 5.31. The van der Waals surface area contributed by atoms with Gasteiger partial charge in [0.2, 0.25) is 6.41 Å². The molecule has 6 rings (SSSR count). The number of aliphatic hydroxyl groups is 1. The number of aliphatic hydroxyl groups excluding tert-OH is 1. The molecule has 1 aliphatic carbocycles. The second-order valence-electron chi connectivity index (χ2n) is 9.81. The van der Waals surface area contributed by atoms with Crippen LogP contribution in [-0.2, 0) is 11.2 Å². The van der Waals surface area contributed by atoms with Crippen LogP contribution < -0.4 is 5.73 Å². The first-order chi connectivity index (χ1) is 18.6. The number of amides is 1.